The smallest absolute Gasteiger partial charge is 0.271 e. The summed E-state index contributed by atoms with van der Waals surface area (Å²) >= 11 is 1.60. The van der Waals surface area contributed by atoms with Crippen LogP contribution in [0.4, 0.5) is 46.5 Å². The van der Waals surface area contributed by atoms with E-state index in [0.717, 1.165) is 91.6 Å². The molecule has 0 spiro atoms. The first kappa shape index (κ1) is 74.2. The van der Waals surface area contributed by atoms with Crippen LogP contribution in [0.25, 0.3) is 55.1 Å². The van der Waals surface area contributed by atoms with E-state index < -0.39 is 0 Å². The lowest BCUT2D eigenvalue weighted by Gasteiger charge is -2.10. The number of hydrogen-bond donors (Lipinski definition) is 16. The molecule has 0 aliphatic heterocycles. The molecule has 37 nitrogen and oxygen atoms in total. The van der Waals surface area contributed by atoms with Crippen molar-refractivity contribution in [3.05, 3.63) is 244 Å². The summed E-state index contributed by atoms with van der Waals surface area (Å²) in [5.74, 6) is 10.6. The minimum absolute atomic E-state index is 0.113. The molecule has 0 saturated carbocycles. The van der Waals surface area contributed by atoms with Gasteiger partial charge in [0.15, 0.2) is 46.5 Å². The lowest BCUT2D eigenvalue weighted by Crippen LogP contribution is -2.08. The van der Waals surface area contributed by atoms with Gasteiger partial charge in [0.1, 0.15) is 71.9 Å². The second kappa shape index (κ2) is 34.0. The van der Waals surface area contributed by atoms with Crippen molar-refractivity contribution >= 4 is 102 Å². The Labute approximate surface area is 636 Å². The van der Waals surface area contributed by atoms with Crippen molar-refractivity contribution in [1.29, 1.82) is 0 Å². The van der Waals surface area contributed by atoms with E-state index in [1.54, 1.807) is 85.8 Å². The van der Waals surface area contributed by atoms with E-state index in [0.29, 0.717) is 121 Å². The third kappa shape index (κ3) is 19.0. The molecule has 17 rings (SSSR count). The maximum Gasteiger partial charge on any atom is 0.271 e. The maximum absolute atomic E-state index is 11.8. The van der Waals surface area contributed by atoms with Crippen LogP contribution in [0.15, 0.2) is 168 Å². The molecule has 4 aromatic carbocycles. The van der Waals surface area contributed by atoms with E-state index >= 15 is 0 Å². The molecule has 0 saturated heterocycles. The first-order valence-corrected chi connectivity index (χ1v) is 35.9. The molecule has 0 bridgehead atoms. The van der Waals surface area contributed by atoms with Gasteiger partial charge >= 0.3 is 0 Å². The minimum Gasteiger partial charge on any atom is -0.486 e. The summed E-state index contributed by atoms with van der Waals surface area (Å²) in [5.41, 5.74) is 9.28. The van der Waals surface area contributed by atoms with Crippen LogP contribution in [0.1, 0.15) is 77.0 Å². The van der Waals surface area contributed by atoms with Crippen molar-refractivity contribution in [2.45, 2.75) is 91.5 Å². The predicted molar refractivity (Wildman–Crippen MR) is 420 cm³/mol. The SMILES string of the molecule is CCc1cc(Nc2cc(C)[nH]n2)nc(COc2ccc3[nH][nH]c(=O)c3c2)n1.CCc1cc(Nc2cc(C)[nH]n2)nc(CSc2ccc3[nH][nH]c(=O)c3c2)n1.COCc1cc(Nc2cc(C)[nH]n2)nc(COc2ccc3[nH][nH]c(=O)c3c2)n1.Cc1cc(Nc2cc(-c3ccco3)[nH]n2)nc(COc2ccc3c(=O)[nH][nH]c3c2)n1. The predicted octanol–water partition coefficient (Wildman–Crippen LogP) is 11.2. The highest BCUT2D eigenvalue weighted by Gasteiger charge is 2.16. The van der Waals surface area contributed by atoms with Crippen molar-refractivity contribution < 1.29 is 23.4 Å². The largest absolute Gasteiger partial charge is 0.486 e. The van der Waals surface area contributed by atoms with Gasteiger partial charge in [-0.05, 0) is 119 Å². The number of aromatic nitrogens is 24. The van der Waals surface area contributed by atoms with Crippen LogP contribution in [0.3, 0.4) is 0 Å². The van der Waals surface area contributed by atoms with E-state index in [1.807, 2.05) is 107 Å². The number of aromatic amines is 12. The Morgan fingerprint density at radius 3 is 1.31 bits per heavy atom. The number of aryl methyl sites for hydroxylation is 6. The maximum atomic E-state index is 11.8. The van der Waals surface area contributed by atoms with Crippen LogP contribution in [-0.2, 0) is 49.8 Å². The molecule has 16 N–H and O–H groups in total. The number of methoxy groups -OCH3 is 1. The van der Waals surface area contributed by atoms with Gasteiger partial charge in [-0.15, -0.1) is 11.8 Å². The van der Waals surface area contributed by atoms with Gasteiger partial charge in [-0.2, -0.15) is 20.4 Å². The molecule has 0 aliphatic carbocycles. The van der Waals surface area contributed by atoms with E-state index in [1.165, 1.54) is 0 Å². The standard InChI is InChI=1S/C20H17N7O3.C18H19N7O3.C18H19N7O2.C18H19N7OS/c1-11-7-17(22-18-9-15(25-26-18)16-3-2-6-29-16)23-19(21-11)10-30-12-4-5-13-14(8-12)24-27-20(13)28;1-10-5-16(24-22-10)20-15-6-11(8-27-2)19-17(21-15)9-28-12-3-4-14-13(7-12)18(26)25-23-14;2*1-3-11-7-15(20-16-6-10(2)22-24-16)21-17(19-11)9-27-12-4-5-14-13(8-12)18(26)25-23-14/h2-9H,10H2,1H3,(H2,24,27,28)(H2,21,22,23,25,26);3-7H,8-9H2,1-2H3,(H2,23,25,26)(H2,19,20,21,22,24);2*4-8H,3,9H2,1-2H3,(H2,23,25,26)(H2,19,20,21,22,24). The number of benzene rings is 4. The second-order valence-electron chi connectivity index (χ2n) is 25.2. The Kier molecular flexibility index (Phi) is 22.5. The number of ether oxygens (including phenoxy) is 4. The third-order valence-electron chi connectivity index (χ3n) is 16.6. The van der Waals surface area contributed by atoms with Crippen molar-refractivity contribution in [3.63, 3.8) is 0 Å². The van der Waals surface area contributed by atoms with Gasteiger partial charge in [0.25, 0.3) is 22.2 Å². The highest BCUT2D eigenvalue weighted by Crippen LogP contribution is 2.28. The number of fused-ring (bicyclic) bond motifs is 4. The van der Waals surface area contributed by atoms with Gasteiger partial charge in [-0.3, -0.25) is 80.4 Å². The first-order valence-electron chi connectivity index (χ1n) is 35.0. The molecule has 0 fully saturated rings. The summed E-state index contributed by atoms with van der Waals surface area (Å²) < 4.78 is 27.9. The lowest BCUT2D eigenvalue weighted by atomic mass is 10.2. The molecule has 0 atom stereocenters. The Bertz CT molecular complexity index is 6150. The zero-order chi connectivity index (χ0) is 77.6. The van der Waals surface area contributed by atoms with Gasteiger partial charge in [0.05, 0.1) is 67.9 Å². The first-order chi connectivity index (χ1) is 54.4. The number of rotatable bonds is 25. The van der Waals surface area contributed by atoms with Gasteiger partial charge in [0, 0.05) is 101 Å². The average molecular weight is 1530 g/mol. The number of H-pyrrole nitrogens is 12. The summed E-state index contributed by atoms with van der Waals surface area (Å²) in [6.07, 6.45) is 3.20. The number of nitrogens with zero attached hydrogens (tertiary/aromatic N) is 12. The molecular weight excluding hydrogens is 1460 g/mol. The third-order valence-corrected chi connectivity index (χ3v) is 17.5. The fraction of sp³-hybridized carbons (Fsp3) is 0.189. The van der Waals surface area contributed by atoms with Crippen LogP contribution in [0.5, 0.6) is 17.2 Å². The fourth-order valence-electron chi connectivity index (χ4n) is 11.3. The van der Waals surface area contributed by atoms with Crippen molar-refractivity contribution in [2.75, 3.05) is 28.4 Å². The minimum atomic E-state index is -0.195. The van der Waals surface area contributed by atoms with E-state index in [2.05, 4.69) is 150 Å². The monoisotopic (exact) mass is 1530 g/mol. The average Bonchev–Trinajstić information content (AvgIpc) is 1.65. The zero-order valence-electron chi connectivity index (χ0n) is 61.2. The molecule has 17 aromatic rings. The zero-order valence-corrected chi connectivity index (χ0v) is 62.0. The van der Waals surface area contributed by atoms with Crippen molar-refractivity contribution in [3.8, 4) is 28.7 Å². The van der Waals surface area contributed by atoms with Gasteiger partial charge < -0.3 is 44.6 Å². The Morgan fingerprint density at radius 2 is 0.812 bits per heavy atom. The number of thioether (sulfide) groups is 1. The van der Waals surface area contributed by atoms with Gasteiger partial charge in [0.2, 0.25) is 0 Å². The lowest BCUT2D eigenvalue weighted by molar-refractivity contribution is 0.180. The number of nitrogens with one attached hydrogen (secondary N) is 16. The molecule has 0 amide bonds. The topological polar surface area (TPSA) is 511 Å². The molecule has 0 unspecified atom stereocenters. The fourth-order valence-corrected chi connectivity index (χ4v) is 12.1. The van der Waals surface area contributed by atoms with Crippen molar-refractivity contribution in [1.82, 2.24) is 121 Å². The normalized spacial score (nSPS) is 11.1. The summed E-state index contributed by atoms with van der Waals surface area (Å²) in [4.78, 5) is 83.9. The summed E-state index contributed by atoms with van der Waals surface area (Å²) in [6.45, 7) is 12.6. The highest BCUT2D eigenvalue weighted by atomic mass is 32.2. The molecule has 13 heterocycles. The van der Waals surface area contributed by atoms with Gasteiger partial charge in [-0.25, -0.2) is 39.9 Å². The molecule has 13 aromatic heterocycles. The Hall–Kier alpha value is -14.7. The number of anilines is 8. The second-order valence-corrected chi connectivity index (χ2v) is 26.2. The van der Waals surface area contributed by atoms with Crippen LogP contribution in [-0.4, -0.2) is 129 Å². The van der Waals surface area contributed by atoms with Crippen LogP contribution in [0, 0.1) is 27.7 Å². The van der Waals surface area contributed by atoms with E-state index in [4.69, 9.17) is 23.4 Å². The van der Waals surface area contributed by atoms with Crippen molar-refractivity contribution in [2.24, 2.45) is 0 Å². The summed E-state index contributed by atoms with van der Waals surface area (Å²) in [5, 5.41) is 64.8. The molecule has 38 heteroatoms. The molecule has 0 radical (unpaired) electrons. The highest BCUT2D eigenvalue weighted by molar-refractivity contribution is 7.98. The van der Waals surface area contributed by atoms with Crippen LogP contribution >= 0.6 is 11.8 Å². The summed E-state index contributed by atoms with van der Waals surface area (Å²) in [7, 11) is 1.60. The summed E-state index contributed by atoms with van der Waals surface area (Å²) in [6, 6.07) is 40.1. The Balaban J connectivity index is 0.000000124. The van der Waals surface area contributed by atoms with Gasteiger partial charge in [-0.1, -0.05) is 13.8 Å². The number of furan rings is 1. The quantitative estimate of drug-likeness (QED) is 0.0236. The van der Waals surface area contributed by atoms with E-state index in [9.17, 15) is 19.2 Å². The molecule has 112 heavy (non-hydrogen) atoms. The molecule has 0 aliphatic rings. The molecule has 570 valence electrons. The van der Waals surface area contributed by atoms with E-state index in [-0.39, 0.29) is 42.1 Å². The Morgan fingerprint density at radius 1 is 0.384 bits per heavy atom. The number of hydrogen-bond acceptors (Lipinski definition) is 26. The van der Waals surface area contributed by atoms with Crippen LogP contribution in [0.2, 0.25) is 0 Å². The molecular formula is C74H74N28O9S. The van der Waals surface area contributed by atoms with Crippen LogP contribution < -0.4 is 57.7 Å².